The first-order valence-corrected chi connectivity index (χ1v) is 12.5. The summed E-state index contributed by atoms with van der Waals surface area (Å²) in [6.45, 7) is 4.79. The van der Waals surface area contributed by atoms with Gasteiger partial charge in [-0.25, -0.2) is 4.79 Å². The number of nitrogens with one attached hydrogen (secondary N) is 1. The Hall–Kier alpha value is -4.44. The van der Waals surface area contributed by atoms with E-state index in [1.807, 2.05) is 68.6 Å². The molecule has 3 aromatic heterocycles. The van der Waals surface area contributed by atoms with Crippen LogP contribution in [-0.4, -0.2) is 47.4 Å². The summed E-state index contributed by atoms with van der Waals surface area (Å²) >= 11 is 0. The predicted octanol–water partition coefficient (Wildman–Crippen LogP) is 3.03. The van der Waals surface area contributed by atoms with E-state index < -0.39 is 11.2 Å². The van der Waals surface area contributed by atoms with Crippen molar-refractivity contribution >= 4 is 11.0 Å². The van der Waals surface area contributed by atoms with E-state index in [2.05, 4.69) is 10.2 Å². The summed E-state index contributed by atoms with van der Waals surface area (Å²) in [6, 6.07) is 17.1. The largest absolute Gasteiger partial charge is 0.491 e. The third-order valence-electron chi connectivity index (χ3n) is 6.33. The van der Waals surface area contributed by atoms with Crippen molar-refractivity contribution in [2.24, 2.45) is 13.0 Å². The second kappa shape index (κ2) is 10.5. The molecule has 0 spiro atoms. The highest BCUT2D eigenvalue weighted by molar-refractivity contribution is 5.91. The molecule has 3 heterocycles. The first-order valence-electron chi connectivity index (χ1n) is 12.5. The van der Waals surface area contributed by atoms with Crippen LogP contribution in [0.25, 0.3) is 33.5 Å². The van der Waals surface area contributed by atoms with E-state index >= 15 is 0 Å². The predicted molar refractivity (Wildman–Crippen MR) is 145 cm³/mol. The number of hydrogen-bond acceptors (Lipinski definition) is 6. The standard InChI is InChI=1S/C28H30N6O4/c1-18(2)16-33-26-23(27(36)32(3)28(33)37)25(20-10-7-11-22(14-20)38-13-12-35)34(31-26)17-21-15-29-30-24(21)19-8-5-4-6-9-19/h4-11,14-15,18,35H,12-13,16-17H2,1-3H3,(H,29,30). The van der Waals surface area contributed by atoms with Gasteiger partial charge in [-0.1, -0.05) is 56.3 Å². The van der Waals surface area contributed by atoms with Gasteiger partial charge in [0.2, 0.25) is 0 Å². The molecule has 0 aliphatic rings. The van der Waals surface area contributed by atoms with Gasteiger partial charge in [-0.05, 0) is 18.1 Å². The topological polar surface area (TPSA) is 120 Å². The van der Waals surface area contributed by atoms with E-state index in [0.29, 0.717) is 41.1 Å². The Morgan fingerprint density at radius 2 is 1.82 bits per heavy atom. The summed E-state index contributed by atoms with van der Waals surface area (Å²) in [5.74, 6) is 0.717. The van der Waals surface area contributed by atoms with Crippen LogP contribution in [0.2, 0.25) is 0 Å². The van der Waals surface area contributed by atoms with Crippen LogP contribution in [0.1, 0.15) is 19.4 Å². The van der Waals surface area contributed by atoms with E-state index in [1.54, 1.807) is 15.3 Å². The zero-order valence-electron chi connectivity index (χ0n) is 21.6. The number of H-pyrrole nitrogens is 1. The fraction of sp³-hybridized carbons (Fsp3) is 0.286. The normalized spacial score (nSPS) is 11.5. The molecule has 0 radical (unpaired) electrons. The molecular formula is C28H30N6O4. The minimum Gasteiger partial charge on any atom is -0.491 e. The first-order chi connectivity index (χ1) is 18.4. The Morgan fingerprint density at radius 1 is 1.05 bits per heavy atom. The number of hydrogen-bond donors (Lipinski definition) is 2. The monoisotopic (exact) mass is 514 g/mol. The fourth-order valence-corrected chi connectivity index (χ4v) is 4.64. The van der Waals surface area contributed by atoms with Gasteiger partial charge in [0.25, 0.3) is 5.56 Å². The van der Waals surface area contributed by atoms with Crippen LogP contribution in [-0.2, 0) is 20.1 Å². The Morgan fingerprint density at radius 3 is 2.55 bits per heavy atom. The molecule has 0 bridgehead atoms. The Balaban J connectivity index is 1.76. The molecule has 38 heavy (non-hydrogen) atoms. The number of nitrogens with zero attached hydrogens (tertiary/aromatic N) is 5. The summed E-state index contributed by atoms with van der Waals surface area (Å²) in [6.07, 6.45) is 1.82. The van der Waals surface area contributed by atoms with E-state index in [-0.39, 0.29) is 19.1 Å². The van der Waals surface area contributed by atoms with Gasteiger partial charge in [-0.2, -0.15) is 10.2 Å². The molecule has 5 aromatic rings. The molecule has 2 aromatic carbocycles. The molecule has 2 N–H and O–H groups in total. The second-order valence-corrected chi connectivity index (χ2v) is 9.58. The minimum atomic E-state index is -0.414. The third kappa shape index (κ3) is 4.66. The number of fused-ring (bicyclic) bond motifs is 1. The summed E-state index contributed by atoms with van der Waals surface area (Å²) < 4.78 is 10.1. The van der Waals surface area contributed by atoms with Crippen LogP contribution in [0.5, 0.6) is 5.75 Å². The van der Waals surface area contributed by atoms with Crippen molar-refractivity contribution < 1.29 is 9.84 Å². The number of aromatic amines is 1. The highest BCUT2D eigenvalue weighted by atomic mass is 16.5. The number of ether oxygens (including phenoxy) is 1. The van der Waals surface area contributed by atoms with Gasteiger partial charge in [0.05, 0.1) is 24.5 Å². The number of aliphatic hydroxyl groups excluding tert-OH is 1. The lowest BCUT2D eigenvalue weighted by Gasteiger charge is -2.11. The molecule has 196 valence electrons. The maximum atomic E-state index is 13.6. The van der Waals surface area contributed by atoms with Gasteiger partial charge in [-0.15, -0.1) is 0 Å². The minimum absolute atomic E-state index is 0.115. The molecule has 0 unspecified atom stereocenters. The van der Waals surface area contributed by atoms with E-state index in [0.717, 1.165) is 21.4 Å². The van der Waals surface area contributed by atoms with Crippen molar-refractivity contribution in [1.29, 1.82) is 0 Å². The highest BCUT2D eigenvalue weighted by Gasteiger charge is 2.24. The van der Waals surface area contributed by atoms with Gasteiger partial charge >= 0.3 is 5.69 Å². The number of benzene rings is 2. The summed E-state index contributed by atoms with van der Waals surface area (Å²) in [5.41, 5.74) is 3.43. The number of aromatic nitrogens is 6. The van der Waals surface area contributed by atoms with Gasteiger partial charge in [0, 0.05) is 36.5 Å². The van der Waals surface area contributed by atoms with Gasteiger partial charge in [-0.3, -0.25) is 23.7 Å². The van der Waals surface area contributed by atoms with Crippen molar-refractivity contribution in [2.45, 2.75) is 26.9 Å². The Kier molecular flexibility index (Phi) is 6.97. The molecule has 5 rings (SSSR count). The number of rotatable bonds is 9. The molecule has 0 atom stereocenters. The highest BCUT2D eigenvalue weighted by Crippen LogP contribution is 2.31. The zero-order valence-corrected chi connectivity index (χ0v) is 21.6. The van der Waals surface area contributed by atoms with Crippen LogP contribution >= 0.6 is 0 Å². The van der Waals surface area contributed by atoms with Gasteiger partial charge < -0.3 is 9.84 Å². The lowest BCUT2D eigenvalue weighted by molar-refractivity contribution is 0.201. The maximum Gasteiger partial charge on any atom is 0.332 e. The molecule has 10 nitrogen and oxygen atoms in total. The van der Waals surface area contributed by atoms with E-state index in [9.17, 15) is 14.7 Å². The van der Waals surface area contributed by atoms with E-state index in [4.69, 9.17) is 9.84 Å². The second-order valence-electron chi connectivity index (χ2n) is 9.58. The van der Waals surface area contributed by atoms with Crippen molar-refractivity contribution in [1.82, 2.24) is 29.1 Å². The van der Waals surface area contributed by atoms with Gasteiger partial charge in [0.1, 0.15) is 17.7 Å². The fourth-order valence-electron chi connectivity index (χ4n) is 4.64. The lowest BCUT2D eigenvalue weighted by atomic mass is 10.1. The van der Waals surface area contributed by atoms with Crippen LogP contribution in [0.4, 0.5) is 0 Å². The zero-order chi connectivity index (χ0) is 26.8. The van der Waals surface area contributed by atoms with Crippen molar-refractivity contribution in [3.05, 3.63) is 87.2 Å². The van der Waals surface area contributed by atoms with Crippen molar-refractivity contribution in [3.8, 4) is 28.3 Å². The Labute approximate surface area is 218 Å². The molecule has 0 aliphatic heterocycles. The van der Waals surface area contributed by atoms with Crippen LogP contribution in [0.15, 0.2) is 70.4 Å². The van der Waals surface area contributed by atoms with Crippen LogP contribution in [0, 0.1) is 5.92 Å². The Bertz CT molecular complexity index is 1690. The summed E-state index contributed by atoms with van der Waals surface area (Å²) in [7, 11) is 1.49. The van der Waals surface area contributed by atoms with Crippen molar-refractivity contribution in [3.63, 3.8) is 0 Å². The summed E-state index contributed by atoms with van der Waals surface area (Å²) in [4.78, 5) is 26.7. The third-order valence-corrected chi connectivity index (χ3v) is 6.33. The van der Waals surface area contributed by atoms with E-state index in [1.165, 1.54) is 7.05 Å². The SMILES string of the molecule is CC(C)Cn1c(=O)n(C)c(=O)c2c(-c3cccc(OCCO)c3)n(Cc3c[nH]nc3-c3ccccc3)nc21. The molecular weight excluding hydrogens is 484 g/mol. The van der Waals surface area contributed by atoms with Crippen LogP contribution in [0.3, 0.4) is 0 Å². The van der Waals surface area contributed by atoms with Gasteiger partial charge in [0.15, 0.2) is 5.65 Å². The van der Waals surface area contributed by atoms with Crippen LogP contribution < -0.4 is 16.0 Å². The smallest absolute Gasteiger partial charge is 0.332 e. The molecule has 0 saturated heterocycles. The number of aliphatic hydroxyl groups is 1. The maximum absolute atomic E-state index is 13.6. The molecule has 0 saturated carbocycles. The molecule has 10 heteroatoms. The quantitative estimate of drug-likeness (QED) is 0.312. The average Bonchev–Trinajstić information content (AvgIpc) is 3.54. The average molecular weight is 515 g/mol. The molecule has 0 aliphatic carbocycles. The molecule has 0 amide bonds. The van der Waals surface area contributed by atoms with Crippen molar-refractivity contribution in [2.75, 3.05) is 13.2 Å². The molecule has 0 fully saturated rings. The lowest BCUT2D eigenvalue weighted by Crippen LogP contribution is -2.38. The first kappa shape index (κ1) is 25.2. The summed E-state index contributed by atoms with van der Waals surface area (Å²) in [5, 5.41) is 21.8.